The Balaban J connectivity index is 2.14. The number of aromatic nitrogens is 2. The molecule has 0 spiro atoms. The fourth-order valence-electron chi connectivity index (χ4n) is 2.01. The molecule has 0 atom stereocenters. The van der Waals surface area contributed by atoms with Gasteiger partial charge < -0.3 is 16.4 Å². The molecule has 0 aliphatic carbocycles. The fourth-order valence-corrected chi connectivity index (χ4v) is 2.24. The van der Waals surface area contributed by atoms with Gasteiger partial charge in [0.1, 0.15) is 12.0 Å². The first kappa shape index (κ1) is 16.4. The van der Waals surface area contributed by atoms with Gasteiger partial charge in [-0.15, -0.1) is 0 Å². The Morgan fingerprint density at radius 1 is 1.23 bits per heavy atom. The minimum absolute atomic E-state index is 0.514. The van der Waals surface area contributed by atoms with Crippen molar-refractivity contribution in [2.45, 2.75) is 27.2 Å². The number of nitrogen functional groups attached to an aromatic ring is 1. The molecule has 1 heterocycles. The summed E-state index contributed by atoms with van der Waals surface area (Å²) >= 11 is 5.97. The summed E-state index contributed by atoms with van der Waals surface area (Å²) in [7, 11) is 0. The van der Waals surface area contributed by atoms with Crippen molar-refractivity contribution in [1.29, 1.82) is 0 Å². The van der Waals surface area contributed by atoms with E-state index in [1.807, 2.05) is 25.1 Å². The maximum Gasteiger partial charge on any atom is 0.159 e. The van der Waals surface area contributed by atoms with Gasteiger partial charge in [0, 0.05) is 17.3 Å². The number of nitrogens with zero attached hydrogens (tertiary/aromatic N) is 2. The number of nitrogens with one attached hydrogen (secondary N) is 2. The lowest BCUT2D eigenvalue weighted by molar-refractivity contribution is 0.606. The van der Waals surface area contributed by atoms with Crippen LogP contribution in [0.4, 0.5) is 23.0 Å². The molecule has 0 radical (unpaired) electrons. The predicted octanol–water partition coefficient (Wildman–Crippen LogP) is 4.22. The number of rotatable bonds is 6. The number of benzene rings is 1. The summed E-state index contributed by atoms with van der Waals surface area (Å²) in [5.41, 5.74) is 8.61. The SMILES string of the molecule is Cc1cc(Cl)ccc1Nc1ncnc(NCCC(C)C)c1N. The van der Waals surface area contributed by atoms with Crippen LogP contribution < -0.4 is 16.4 Å². The highest BCUT2D eigenvalue weighted by Gasteiger charge is 2.09. The Morgan fingerprint density at radius 3 is 2.64 bits per heavy atom. The van der Waals surface area contributed by atoms with E-state index in [1.165, 1.54) is 6.33 Å². The molecular weight excluding hydrogens is 298 g/mol. The molecule has 0 saturated heterocycles. The molecular formula is C16H22ClN5. The summed E-state index contributed by atoms with van der Waals surface area (Å²) < 4.78 is 0. The molecule has 2 aromatic rings. The molecule has 5 nitrogen and oxygen atoms in total. The summed E-state index contributed by atoms with van der Waals surface area (Å²) in [5, 5.41) is 7.19. The average Bonchev–Trinajstić information content (AvgIpc) is 2.45. The van der Waals surface area contributed by atoms with Crippen LogP contribution in [0.3, 0.4) is 0 Å². The van der Waals surface area contributed by atoms with Crippen molar-refractivity contribution in [2.24, 2.45) is 5.92 Å². The second-order valence-corrected chi connectivity index (χ2v) is 6.11. The summed E-state index contributed by atoms with van der Waals surface area (Å²) in [5.74, 6) is 1.88. The van der Waals surface area contributed by atoms with E-state index in [9.17, 15) is 0 Å². The molecule has 2 rings (SSSR count). The zero-order valence-corrected chi connectivity index (χ0v) is 13.9. The quantitative estimate of drug-likeness (QED) is 0.743. The molecule has 0 aliphatic heterocycles. The van der Waals surface area contributed by atoms with Gasteiger partial charge in [-0.2, -0.15) is 0 Å². The summed E-state index contributed by atoms with van der Waals surface area (Å²) in [4.78, 5) is 8.43. The van der Waals surface area contributed by atoms with E-state index in [0.717, 1.165) is 24.2 Å². The maximum atomic E-state index is 6.15. The van der Waals surface area contributed by atoms with Gasteiger partial charge in [-0.1, -0.05) is 25.4 Å². The molecule has 118 valence electrons. The van der Waals surface area contributed by atoms with Crippen LogP contribution in [-0.2, 0) is 0 Å². The molecule has 1 aromatic heterocycles. The van der Waals surface area contributed by atoms with Gasteiger partial charge in [0.05, 0.1) is 0 Å². The molecule has 0 fully saturated rings. The van der Waals surface area contributed by atoms with E-state index in [0.29, 0.717) is 28.3 Å². The maximum absolute atomic E-state index is 6.15. The van der Waals surface area contributed by atoms with Crippen molar-refractivity contribution >= 4 is 34.6 Å². The normalized spacial score (nSPS) is 10.8. The van der Waals surface area contributed by atoms with Crippen LogP contribution in [0.2, 0.25) is 5.02 Å². The first-order chi connectivity index (χ1) is 10.5. The molecule has 6 heteroatoms. The highest BCUT2D eigenvalue weighted by molar-refractivity contribution is 6.30. The van der Waals surface area contributed by atoms with Gasteiger partial charge in [0.2, 0.25) is 0 Å². The van der Waals surface area contributed by atoms with Gasteiger partial charge in [-0.3, -0.25) is 0 Å². The lowest BCUT2D eigenvalue weighted by atomic mass is 10.1. The summed E-state index contributed by atoms with van der Waals surface area (Å²) in [6.45, 7) is 7.17. The third kappa shape index (κ3) is 4.24. The molecule has 0 saturated carbocycles. The second-order valence-electron chi connectivity index (χ2n) is 5.68. The Hall–Kier alpha value is -2.01. The van der Waals surface area contributed by atoms with E-state index < -0.39 is 0 Å². The van der Waals surface area contributed by atoms with Crippen LogP contribution >= 0.6 is 11.6 Å². The number of hydrogen-bond donors (Lipinski definition) is 3. The van der Waals surface area contributed by atoms with Crippen LogP contribution in [0.5, 0.6) is 0 Å². The van der Waals surface area contributed by atoms with E-state index in [1.54, 1.807) is 0 Å². The summed E-state index contributed by atoms with van der Waals surface area (Å²) in [6, 6.07) is 5.63. The van der Waals surface area contributed by atoms with Gasteiger partial charge >= 0.3 is 0 Å². The number of hydrogen-bond acceptors (Lipinski definition) is 5. The topological polar surface area (TPSA) is 75.9 Å². The van der Waals surface area contributed by atoms with Gasteiger partial charge in [-0.25, -0.2) is 9.97 Å². The predicted molar refractivity (Wildman–Crippen MR) is 93.9 cm³/mol. The molecule has 0 amide bonds. The standard InChI is InChI=1S/C16H22ClN5/c1-10(2)6-7-19-15-14(18)16(21-9-20-15)22-13-5-4-12(17)8-11(13)3/h4-5,8-10H,6-7,18H2,1-3H3,(H2,19,20,21,22). The van der Waals surface area contributed by atoms with E-state index >= 15 is 0 Å². The summed E-state index contributed by atoms with van der Waals surface area (Å²) in [6.07, 6.45) is 2.56. The number of halogens is 1. The minimum Gasteiger partial charge on any atom is -0.393 e. The Kier molecular flexibility index (Phi) is 5.44. The third-order valence-corrected chi connectivity index (χ3v) is 3.57. The first-order valence-corrected chi connectivity index (χ1v) is 7.72. The molecule has 0 aliphatic rings. The van der Waals surface area contributed by atoms with Gasteiger partial charge in [0.25, 0.3) is 0 Å². The van der Waals surface area contributed by atoms with Crippen LogP contribution in [0, 0.1) is 12.8 Å². The van der Waals surface area contributed by atoms with Crippen LogP contribution in [0.25, 0.3) is 0 Å². The Bertz CT molecular complexity index is 642. The van der Waals surface area contributed by atoms with Crippen molar-refractivity contribution < 1.29 is 0 Å². The average molecular weight is 320 g/mol. The lowest BCUT2D eigenvalue weighted by Gasteiger charge is -2.14. The zero-order valence-electron chi connectivity index (χ0n) is 13.2. The van der Waals surface area contributed by atoms with E-state index in [2.05, 4.69) is 34.4 Å². The third-order valence-electron chi connectivity index (χ3n) is 3.34. The van der Waals surface area contributed by atoms with E-state index in [-0.39, 0.29) is 0 Å². The Morgan fingerprint density at radius 2 is 1.95 bits per heavy atom. The number of aryl methyl sites for hydroxylation is 1. The molecule has 1 aromatic carbocycles. The minimum atomic E-state index is 0.514. The molecule has 0 unspecified atom stereocenters. The molecule has 22 heavy (non-hydrogen) atoms. The van der Waals surface area contributed by atoms with Crippen molar-refractivity contribution in [3.63, 3.8) is 0 Å². The van der Waals surface area contributed by atoms with Gasteiger partial charge in [-0.05, 0) is 43.0 Å². The monoisotopic (exact) mass is 319 g/mol. The van der Waals surface area contributed by atoms with Crippen molar-refractivity contribution in [1.82, 2.24) is 9.97 Å². The fraction of sp³-hybridized carbons (Fsp3) is 0.375. The lowest BCUT2D eigenvalue weighted by Crippen LogP contribution is -2.10. The van der Waals surface area contributed by atoms with Crippen molar-refractivity contribution in [3.05, 3.63) is 35.1 Å². The molecule has 4 N–H and O–H groups in total. The largest absolute Gasteiger partial charge is 0.393 e. The molecule has 0 bridgehead atoms. The zero-order chi connectivity index (χ0) is 16.1. The van der Waals surface area contributed by atoms with Crippen LogP contribution in [-0.4, -0.2) is 16.5 Å². The number of nitrogens with two attached hydrogens (primary N) is 1. The smallest absolute Gasteiger partial charge is 0.159 e. The van der Waals surface area contributed by atoms with Crippen LogP contribution in [0.15, 0.2) is 24.5 Å². The number of anilines is 4. The van der Waals surface area contributed by atoms with Crippen molar-refractivity contribution in [2.75, 3.05) is 22.9 Å². The van der Waals surface area contributed by atoms with E-state index in [4.69, 9.17) is 17.3 Å². The first-order valence-electron chi connectivity index (χ1n) is 7.35. The van der Waals surface area contributed by atoms with Crippen molar-refractivity contribution in [3.8, 4) is 0 Å². The van der Waals surface area contributed by atoms with Crippen LogP contribution in [0.1, 0.15) is 25.8 Å². The van der Waals surface area contributed by atoms with Gasteiger partial charge in [0.15, 0.2) is 11.6 Å². The Labute approximate surface area is 136 Å². The highest BCUT2D eigenvalue weighted by Crippen LogP contribution is 2.28. The second kappa shape index (κ2) is 7.31. The highest BCUT2D eigenvalue weighted by atomic mass is 35.5.